The van der Waals surface area contributed by atoms with Gasteiger partial charge in [0.2, 0.25) is 0 Å². The Morgan fingerprint density at radius 1 is 1.26 bits per heavy atom. The molecular formula is C17H28N2. The molecule has 1 unspecified atom stereocenters. The Hall–Kier alpha value is -0.860. The lowest BCUT2D eigenvalue weighted by Crippen LogP contribution is -2.38. The van der Waals surface area contributed by atoms with Crippen molar-refractivity contribution in [1.29, 1.82) is 0 Å². The number of benzene rings is 1. The second kappa shape index (κ2) is 7.06. The standard InChI is InChI=1S/C17H28N2/c1-14(2)11-18-12-17-5-4-10-19(17)13-16-8-6-15(3)7-9-16/h6-9,14,17-18H,4-5,10-13H2,1-3H3. The largest absolute Gasteiger partial charge is 0.315 e. The van der Waals surface area contributed by atoms with Crippen LogP contribution in [-0.2, 0) is 6.54 Å². The minimum Gasteiger partial charge on any atom is -0.315 e. The first-order valence-corrected chi connectivity index (χ1v) is 7.65. The van der Waals surface area contributed by atoms with Gasteiger partial charge in [0.15, 0.2) is 0 Å². The molecule has 1 aromatic carbocycles. The highest BCUT2D eigenvalue weighted by molar-refractivity contribution is 5.21. The molecule has 0 radical (unpaired) electrons. The van der Waals surface area contributed by atoms with Crippen LogP contribution in [0.4, 0.5) is 0 Å². The third kappa shape index (κ3) is 4.63. The lowest BCUT2D eigenvalue weighted by atomic mass is 10.1. The van der Waals surface area contributed by atoms with E-state index in [-0.39, 0.29) is 0 Å². The van der Waals surface area contributed by atoms with Gasteiger partial charge in [-0.3, -0.25) is 4.90 Å². The molecule has 1 heterocycles. The fraction of sp³-hybridized carbons (Fsp3) is 0.647. The number of hydrogen-bond donors (Lipinski definition) is 1. The van der Waals surface area contributed by atoms with Crippen LogP contribution in [0.5, 0.6) is 0 Å². The van der Waals surface area contributed by atoms with Gasteiger partial charge in [-0.2, -0.15) is 0 Å². The molecule has 0 spiro atoms. The molecule has 1 N–H and O–H groups in total. The van der Waals surface area contributed by atoms with Crippen molar-refractivity contribution in [1.82, 2.24) is 10.2 Å². The van der Waals surface area contributed by atoms with Gasteiger partial charge in [-0.15, -0.1) is 0 Å². The summed E-state index contributed by atoms with van der Waals surface area (Å²) in [6.45, 7) is 11.3. The maximum atomic E-state index is 3.61. The molecule has 2 rings (SSSR count). The van der Waals surface area contributed by atoms with Gasteiger partial charge in [-0.1, -0.05) is 43.7 Å². The predicted molar refractivity (Wildman–Crippen MR) is 82.3 cm³/mol. The highest BCUT2D eigenvalue weighted by Gasteiger charge is 2.23. The lowest BCUT2D eigenvalue weighted by molar-refractivity contribution is 0.237. The summed E-state index contributed by atoms with van der Waals surface area (Å²) in [5.74, 6) is 0.743. The van der Waals surface area contributed by atoms with Crippen molar-refractivity contribution < 1.29 is 0 Å². The number of aryl methyl sites for hydroxylation is 1. The van der Waals surface area contributed by atoms with Crippen molar-refractivity contribution in [2.75, 3.05) is 19.6 Å². The molecule has 1 aromatic rings. The van der Waals surface area contributed by atoms with Crippen LogP contribution in [0.3, 0.4) is 0 Å². The summed E-state index contributed by atoms with van der Waals surface area (Å²) in [6, 6.07) is 9.70. The fourth-order valence-corrected chi connectivity index (χ4v) is 2.80. The summed E-state index contributed by atoms with van der Waals surface area (Å²) >= 11 is 0. The molecule has 1 fully saturated rings. The summed E-state index contributed by atoms with van der Waals surface area (Å²) in [4.78, 5) is 2.64. The average molecular weight is 260 g/mol. The highest BCUT2D eigenvalue weighted by Crippen LogP contribution is 2.19. The normalized spacial score (nSPS) is 20.3. The summed E-state index contributed by atoms with van der Waals surface area (Å²) in [7, 11) is 0. The molecular weight excluding hydrogens is 232 g/mol. The van der Waals surface area contributed by atoms with Crippen molar-refractivity contribution in [2.45, 2.75) is 46.2 Å². The van der Waals surface area contributed by atoms with E-state index in [9.17, 15) is 0 Å². The first-order valence-electron chi connectivity index (χ1n) is 7.65. The molecule has 0 aliphatic carbocycles. The number of rotatable bonds is 6. The molecule has 0 bridgehead atoms. The van der Waals surface area contributed by atoms with Crippen LogP contribution in [0, 0.1) is 12.8 Å². The topological polar surface area (TPSA) is 15.3 Å². The third-order valence-corrected chi connectivity index (χ3v) is 3.94. The van der Waals surface area contributed by atoms with E-state index < -0.39 is 0 Å². The summed E-state index contributed by atoms with van der Waals surface area (Å²) < 4.78 is 0. The van der Waals surface area contributed by atoms with E-state index in [1.54, 1.807) is 0 Å². The van der Waals surface area contributed by atoms with Crippen LogP contribution >= 0.6 is 0 Å². The van der Waals surface area contributed by atoms with Gasteiger partial charge in [-0.05, 0) is 44.3 Å². The van der Waals surface area contributed by atoms with Crippen LogP contribution in [0.15, 0.2) is 24.3 Å². The molecule has 1 atom stereocenters. The zero-order valence-corrected chi connectivity index (χ0v) is 12.7. The van der Waals surface area contributed by atoms with Gasteiger partial charge in [-0.25, -0.2) is 0 Å². The van der Waals surface area contributed by atoms with Crippen LogP contribution in [0.2, 0.25) is 0 Å². The number of likely N-dealkylation sites (tertiary alicyclic amines) is 1. The summed E-state index contributed by atoms with van der Waals surface area (Å²) in [5.41, 5.74) is 2.79. The van der Waals surface area contributed by atoms with Gasteiger partial charge in [0, 0.05) is 19.1 Å². The quantitative estimate of drug-likeness (QED) is 0.845. The monoisotopic (exact) mass is 260 g/mol. The van der Waals surface area contributed by atoms with E-state index in [1.807, 2.05) is 0 Å². The summed E-state index contributed by atoms with van der Waals surface area (Å²) in [5, 5.41) is 3.61. The minimum atomic E-state index is 0.722. The molecule has 0 aromatic heterocycles. The molecule has 2 nitrogen and oxygen atoms in total. The van der Waals surface area contributed by atoms with Gasteiger partial charge in [0.25, 0.3) is 0 Å². The average Bonchev–Trinajstić information content (AvgIpc) is 2.79. The van der Waals surface area contributed by atoms with E-state index in [2.05, 4.69) is 55.3 Å². The number of nitrogens with one attached hydrogen (secondary N) is 1. The van der Waals surface area contributed by atoms with Gasteiger partial charge < -0.3 is 5.32 Å². The van der Waals surface area contributed by atoms with E-state index in [0.29, 0.717) is 0 Å². The third-order valence-electron chi connectivity index (χ3n) is 3.94. The van der Waals surface area contributed by atoms with E-state index in [1.165, 1.54) is 30.5 Å². The SMILES string of the molecule is Cc1ccc(CN2CCCC2CNCC(C)C)cc1. The Morgan fingerprint density at radius 3 is 2.68 bits per heavy atom. The van der Waals surface area contributed by atoms with Gasteiger partial charge >= 0.3 is 0 Å². The second-order valence-electron chi connectivity index (χ2n) is 6.30. The maximum Gasteiger partial charge on any atom is 0.0237 e. The first-order chi connectivity index (χ1) is 9.15. The number of nitrogens with zero attached hydrogens (tertiary/aromatic N) is 1. The van der Waals surface area contributed by atoms with Crippen LogP contribution in [0.25, 0.3) is 0 Å². The van der Waals surface area contributed by atoms with E-state index in [0.717, 1.165) is 31.6 Å². The van der Waals surface area contributed by atoms with Crippen LogP contribution < -0.4 is 5.32 Å². The first kappa shape index (κ1) is 14.5. The Labute approximate surface area is 118 Å². The molecule has 1 saturated heterocycles. The highest BCUT2D eigenvalue weighted by atomic mass is 15.2. The molecule has 0 amide bonds. The molecule has 19 heavy (non-hydrogen) atoms. The van der Waals surface area contributed by atoms with Gasteiger partial charge in [0.05, 0.1) is 0 Å². The maximum absolute atomic E-state index is 3.61. The minimum absolute atomic E-state index is 0.722. The van der Waals surface area contributed by atoms with Crippen LogP contribution in [0.1, 0.15) is 37.8 Å². The van der Waals surface area contributed by atoms with E-state index in [4.69, 9.17) is 0 Å². The van der Waals surface area contributed by atoms with Gasteiger partial charge in [0.1, 0.15) is 0 Å². The van der Waals surface area contributed by atoms with Crippen molar-refractivity contribution in [3.05, 3.63) is 35.4 Å². The fourth-order valence-electron chi connectivity index (χ4n) is 2.80. The van der Waals surface area contributed by atoms with Crippen molar-refractivity contribution in [3.8, 4) is 0 Å². The second-order valence-corrected chi connectivity index (χ2v) is 6.30. The van der Waals surface area contributed by atoms with Crippen molar-refractivity contribution >= 4 is 0 Å². The zero-order valence-electron chi connectivity index (χ0n) is 12.7. The molecule has 106 valence electrons. The lowest BCUT2D eigenvalue weighted by Gasteiger charge is -2.25. The van der Waals surface area contributed by atoms with E-state index >= 15 is 0 Å². The van der Waals surface area contributed by atoms with Crippen molar-refractivity contribution in [2.24, 2.45) is 5.92 Å². The Morgan fingerprint density at radius 2 is 2.00 bits per heavy atom. The molecule has 0 saturated carbocycles. The molecule has 2 heteroatoms. The zero-order chi connectivity index (χ0) is 13.7. The number of hydrogen-bond acceptors (Lipinski definition) is 2. The Kier molecular flexibility index (Phi) is 5.41. The molecule has 1 aliphatic heterocycles. The van der Waals surface area contributed by atoms with Crippen molar-refractivity contribution in [3.63, 3.8) is 0 Å². The smallest absolute Gasteiger partial charge is 0.0237 e. The molecule has 1 aliphatic rings. The predicted octanol–water partition coefficient (Wildman–Crippen LogP) is 3.21. The van der Waals surface area contributed by atoms with Crippen LogP contribution in [-0.4, -0.2) is 30.6 Å². The Balaban J connectivity index is 1.83. The Bertz CT molecular complexity index is 369. The summed E-state index contributed by atoms with van der Waals surface area (Å²) in [6.07, 6.45) is 2.69.